The molecule has 0 radical (unpaired) electrons. The molecule has 1 N–H and O–H groups in total. The standard InChI is InChI=1S/C11H14BrN3O3.C6H13NO.C5H2BrClN2O2/c1-11(2)7-14(3-4-18-11)10-9(15(16)17)5-8(12)6-13-10;1-6(2)5-7-3-4-8-6;6-3-1-4(9(10)11)5(7)8-2-3/h5-6H,3-4,7H2,1-2H3;7H,3-5H2,1-2H3;1-2H. The minimum Gasteiger partial charge on any atom is -0.373 e. The van der Waals surface area contributed by atoms with Crippen LogP contribution >= 0.6 is 43.5 Å². The minimum atomic E-state index is -0.583. The molecule has 0 aromatic carbocycles. The van der Waals surface area contributed by atoms with E-state index < -0.39 is 9.85 Å². The van der Waals surface area contributed by atoms with Crippen LogP contribution in [0.25, 0.3) is 0 Å². The van der Waals surface area contributed by atoms with E-state index in [9.17, 15) is 20.2 Å². The lowest BCUT2D eigenvalue weighted by Crippen LogP contribution is -2.48. The normalized spacial score (nSPS) is 18.0. The quantitative estimate of drug-likeness (QED) is 0.265. The summed E-state index contributed by atoms with van der Waals surface area (Å²) < 4.78 is 12.1. The molecule has 0 unspecified atom stereocenters. The minimum absolute atomic E-state index is 0.0158. The van der Waals surface area contributed by atoms with Gasteiger partial charge in [0.15, 0.2) is 0 Å². The molecule has 0 spiro atoms. The van der Waals surface area contributed by atoms with Crippen molar-refractivity contribution in [1.29, 1.82) is 0 Å². The number of nitro groups is 2. The molecule has 37 heavy (non-hydrogen) atoms. The van der Waals surface area contributed by atoms with Crippen molar-refractivity contribution in [2.75, 3.05) is 44.3 Å². The average molecular weight is 669 g/mol. The highest BCUT2D eigenvalue weighted by atomic mass is 79.9. The van der Waals surface area contributed by atoms with Gasteiger partial charge in [-0.3, -0.25) is 20.2 Å². The first-order chi connectivity index (χ1) is 17.2. The van der Waals surface area contributed by atoms with E-state index in [1.54, 1.807) is 6.20 Å². The Labute approximate surface area is 236 Å². The Kier molecular flexibility index (Phi) is 11.6. The van der Waals surface area contributed by atoms with Crippen LogP contribution in [0.5, 0.6) is 0 Å². The van der Waals surface area contributed by atoms with Gasteiger partial charge in [0.25, 0.3) is 0 Å². The molecular formula is C22H29Br2ClN6O6. The van der Waals surface area contributed by atoms with Crippen molar-refractivity contribution in [3.8, 4) is 0 Å². The zero-order chi connectivity index (χ0) is 27.8. The van der Waals surface area contributed by atoms with E-state index >= 15 is 0 Å². The van der Waals surface area contributed by atoms with Gasteiger partial charge in [-0.1, -0.05) is 11.6 Å². The largest absolute Gasteiger partial charge is 0.373 e. The van der Waals surface area contributed by atoms with Gasteiger partial charge in [0, 0.05) is 59.7 Å². The van der Waals surface area contributed by atoms with Gasteiger partial charge in [-0.2, -0.15) is 0 Å². The Morgan fingerprint density at radius 3 is 2.00 bits per heavy atom. The van der Waals surface area contributed by atoms with Crippen LogP contribution in [0.3, 0.4) is 0 Å². The number of morpholine rings is 2. The first-order valence-electron chi connectivity index (χ1n) is 11.2. The molecule has 0 saturated carbocycles. The van der Waals surface area contributed by atoms with E-state index in [1.165, 1.54) is 18.3 Å². The predicted molar refractivity (Wildman–Crippen MR) is 147 cm³/mol. The third-order valence-electron chi connectivity index (χ3n) is 5.04. The fourth-order valence-electron chi connectivity index (χ4n) is 3.38. The number of anilines is 1. The molecule has 2 aromatic heterocycles. The number of rotatable bonds is 3. The fourth-order valence-corrected chi connectivity index (χ4v) is 4.19. The van der Waals surface area contributed by atoms with E-state index in [0.29, 0.717) is 34.5 Å². The molecule has 15 heteroatoms. The van der Waals surface area contributed by atoms with Crippen molar-refractivity contribution in [2.24, 2.45) is 0 Å². The van der Waals surface area contributed by atoms with Gasteiger partial charge in [0.1, 0.15) is 0 Å². The monoisotopic (exact) mass is 666 g/mol. The smallest absolute Gasteiger partial charge is 0.312 e. The van der Waals surface area contributed by atoms with Gasteiger partial charge in [-0.15, -0.1) is 0 Å². The van der Waals surface area contributed by atoms with E-state index in [4.69, 9.17) is 21.1 Å². The van der Waals surface area contributed by atoms with Crippen molar-refractivity contribution < 1.29 is 19.3 Å². The Morgan fingerprint density at radius 2 is 1.54 bits per heavy atom. The molecule has 2 aliphatic rings. The summed E-state index contributed by atoms with van der Waals surface area (Å²) in [6, 6.07) is 2.78. The van der Waals surface area contributed by atoms with Crippen LogP contribution in [-0.2, 0) is 9.47 Å². The Bertz CT molecular complexity index is 1100. The first kappa shape index (κ1) is 31.2. The maximum atomic E-state index is 11.1. The summed E-state index contributed by atoms with van der Waals surface area (Å²) >= 11 is 11.7. The molecule has 4 heterocycles. The summed E-state index contributed by atoms with van der Waals surface area (Å²) in [5.41, 5.74) is -0.429. The third kappa shape index (κ3) is 10.4. The highest BCUT2D eigenvalue weighted by molar-refractivity contribution is 9.10. The Balaban J connectivity index is 0.000000215. The van der Waals surface area contributed by atoms with Crippen LogP contribution < -0.4 is 10.2 Å². The van der Waals surface area contributed by atoms with Gasteiger partial charge in [0.05, 0.1) is 34.3 Å². The fraction of sp³-hybridized carbons (Fsp3) is 0.545. The molecule has 2 aliphatic heterocycles. The summed E-state index contributed by atoms with van der Waals surface area (Å²) in [6.07, 6.45) is 2.97. The Morgan fingerprint density at radius 1 is 0.973 bits per heavy atom. The zero-order valence-electron chi connectivity index (χ0n) is 20.9. The maximum absolute atomic E-state index is 11.1. The second-order valence-corrected chi connectivity index (χ2v) is 11.5. The summed E-state index contributed by atoms with van der Waals surface area (Å²) in [6.45, 7) is 12.7. The molecule has 4 rings (SSSR count). The highest BCUT2D eigenvalue weighted by Gasteiger charge is 2.31. The highest BCUT2D eigenvalue weighted by Crippen LogP contribution is 2.31. The number of hydrogen-bond acceptors (Lipinski definition) is 10. The van der Waals surface area contributed by atoms with Crippen molar-refractivity contribution in [2.45, 2.75) is 38.9 Å². The number of nitrogens with zero attached hydrogens (tertiary/aromatic N) is 5. The van der Waals surface area contributed by atoms with Gasteiger partial charge >= 0.3 is 11.4 Å². The molecule has 0 atom stereocenters. The van der Waals surface area contributed by atoms with Gasteiger partial charge in [0.2, 0.25) is 11.0 Å². The third-order valence-corrected chi connectivity index (χ3v) is 6.20. The lowest BCUT2D eigenvalue weighted by atomic mass is 10.1. The van der Waals surface area contributed by atoms with Crippen molar-refractivity contribution >= 4 is 60.7 Å². The second kappa shape index (κ2) is 13.7. The number of halogens is 3. The van der Waals surface area contributed by atoms with E-state index in [1.807, 2.05) is 18.7 Å². The molecule has 0 aliphatic carbocycles. The van der Waals surface area contributed by atoms with Crippen molar-refractivity contribution in [3.05, 3.63) is 58.9 Å². The predicted octanol–water partition coefficient (Wildman–Crippen LogP) is 5.16. The number of nitrogens with one attached hydrogen (secondary N) is 1. The summed E-state index contributed by atoms with van der Waals surface area (Å²) in [5.74, 6) is 0.402. The van der Waals surface area contributed by atoms with Crippen LogP contribution in [-0.4, -0.2) is 70.4 Å². The lowest BCUT2D eigenvalue weighted by molar-refractivity contribution is -0.385. The average Bonchev–Trinajstić information content (AvgIpc) is 2.80. The molecule has 0 bridgehead atoms. The number of hydrogen-bond donors (Lipinski definition) is 1. The summed E-state index contributed by atoms with van der Waals surface area (Å²) in [4.78, 5) is 30.0. The molecule has 0 amide bonds. The van der Waals surface area contributed by atoms with E-state index in [-0.39, 0.29) is 27.7 Å². The Hall–Kier alpha value is -1.97. The number of ether oxygens (including phenoxy) is 2. The number of aromatic nitrogens is 2. The molecule has 2 fully saturated rings. The molecular weight excluding hydrogens is 640 g/mol. The lowest BCUT2D eigenvalue weighted by Gasteiger charge is -2.38. The topological polar surface area (TPSA) is 146 Å². The van der Waals surface area contributed by atoms with Gasteiger partial charge in [-0.05, 0) is 59.6 Å². The van der Waals surface area contributed by atoms with Crippen molar-refractivity contribution in [1.82, 2.24) is 15.3 Å². The zero-order valence-corrected chi connectivity index (χ0v) is 24.8. The van der Waals surface area contributed by atoms with Crippen LogP contribution in [0.1, 0.15) is 27.7 Å². The van der Waals surface area contributed by atoms with Gasteiger partial charge in [-0.25, -0.2) is 9.97 Å². The van der Waals surface area contributed by atoms with E-state index in [0.717, 1.165) is 19.7 Å². The number of pyridine rings is 2. The van der Waals surface area contributed by atoms with Crippen LogP contribution in [0.4, 0.5) is 17.2 Å². The van der Waals surface area contributed by atoms with Crippen LogP contribution in [0.15, 0.2) is 33.5 Å². The molecule has 204 valence electrons. The summed E-state index contributed by atoms with van der Waals surface area (Å²) in [7, 11) is 0. The molecule has 12 nitrogen and oxygen atoms in total. The SMILES string of the molecule is CC1(C)CN(c2ncc(Br)cc2[N+](=O)[O-])CCO1.CC1(C)CNCCO1.O=[N+]([O-])c1cc(Br)cnc1Cl. The van der Waals surface area contributed by atoms with Crippen LogP contribution in [0.2, 0.25) is 5.15 Å². The van der Waals surface area contributed by atoms with Crippen molar-refractivity contribution in [3.63, 3.8) is 0 Å². The van der Waals surface area contributed by atoms with E-state index in [2.05, 4.69) is 61.0 Å². The molecule has 2 saturated heterocycles. The first-order valence-corrected chi connectivity index (χ1v) is 13.2. The van der Waals surface area contributed by atoms with Gasteiger partial charge < -0.3 is 19.7 Å². The summed E-state index contributed by atoms with van der Waals surface area (Å²) in [5, 5.41) is 24.5. The van der Waals surface area contributed by atoms with Crippen LogP contribution in [0, 0.1) is 20.2 Å². The maximum Gasteiger partial charge on any atom is 0.312 e. The molecule has 2 aromatic rings. The second-order valence-electron chi connectivity index (χ2n) is 9.29.